The molecule has 1 aliphatic heterocycles. The number of nitrogens with zero attached hydrogens (tertiary/aromatic N) is 2. The van der Waals surface area contributed by atoms with Gasteiger partial charge in [0.15, 0.2) is 5.84 Å². The molecule has 2 rings (SSSR count). The van der Waals surface area contributed by atoms with Gasteiger partial charge >= 0.3 is 0 Å². The second-order valence-electron chi connectivity index (χ2n) is 8.76. The van der Waals surface area contributed by atoms with Crippen LogP contribution in [0.5, 0.6) is 0 Å². The van der Waals surface area contributed by atoms with Crippen molar-refractivity contribution in [2.75, 3.05) is 19.2 Å². The van der Waals surface area contributed by atoms with Gasteiger partial charge in [-0.05, 0) is 51.0 Å². The molecule has 1 aromatic rings. The number of aliphatic imine (C=N–C) groups is 2. The Labute approximate surface area is 214 Å². The molecule has 0 radical (unpaired) electrons. The maximum absolute atomic E-state index is 13.9. The molecular formula is C27H40ClF2N3O2. The summed E-state index contributed by atoms with van der Waals surface area (Å²) in [6.07, 6.45) is 3.04. The summed E-state index contributed by atoms with van der Waals surface area (Å²) in [6.45, 7) is 14.5. The Morgan fingerprint density at radius 2 is 1.89 bits per heavy atom. The van der Waals surface area contributed by atoms with Gasteiger partial charge in [0, 0.05) is 41.9 Å². The van der Waals surface area contributed by atoms with Crippen LogP contribution in [0, 0.1) is 5.41 Å². The van der Waals surface area contributed by atoms with E-state index in [1.54, 1.807) is 19.1 Å². The molecular weight excluding hydrogens is 472 g/mol. The Morgan fingerprint density at radius 3 is 2.34 bits per heavy atom. The molecule has 1 fully saturated rings. The minimum Gasteiger partial charge on any atom is -0.381 e. The van der Waals surface area contributed by atoms with Gasteiger partial charge in [0.05, 0.1) is 12.5 Å². The zero-order chi connectivity index (χ0) is 26.5. The second-order valence-corrected chi connectivity index (χ2v) is 9.03. The van der Waals surface area contributed by atoms with Gasteiger partial charge in [-0.1, -0.05) is 45.9 Å². The van der Waals surface area contributed by atoms with E-state index >= 15 is 0 Å². The highest BCUT2D eigenvalue weighted by molar-refractivity contribution is 6.17. The van der Waals surface area contributed by atoms with E-state index in [9.17, 15) is 13.6 Å². The Morgan fingerprint density at radius 1 is 1.23 bits per heavy atom. The molecule has 196 valence electrons. The number of carbonyl (C=O) groups is 1. The molecule has 0 spiro atoms. The minimum absolute atomic E-state index is 0.0140. The number of Topliss-reactive ketones (excluding diaryl/α,β-unsaturated/α-hetero) is 1. The van der Waals surface area contributed by atoms with E-state index in [4.69, 9.17) is 16.3 Å². The van der Waals surface area contributed by atoms with Crippen molar-refractivity contribution in [2.24, 2.45) is 15.4 Å². The third kappa shape index (κ3) is 9.45. The van der Waals surface area contributed by atoms with Gasteiger partial charge in [0.1, 0.15) is 5.78 Å². The van der Waals surface area contributed by atoms with E-state index in [2.05, 4.69) is 22.0 Å². The molecule has 0 aliphatic carbocycles. The van der Waals surface area contributed by atoms with E-state index in [0.717, 1.165) is 50.2 Å². The predicted octanol–water partition coefficient (Wildman–Crippen LogP) is 7.04. The van der Waals surface area contributed by atoms with Gasteiger partial charge in [-0.15, -0.1) is 11.6 Å². The molecule has 1 aliphatic rings. The predicted molar refractivity (Wildman–Crippen MR) is 142 cm³/mol. The minimum atomic E-state index is -2.83. The molecule has 0 bridgehead atoms. The van der Waals surface area contributed by atoms with Crippen LogP contribution in [0.3, 0.4) is 0 Å². The molecule has 0 unspecified atom stereocenters. The van der Waals surface area contributed by atoms with Crippen molar-refractivity contribution in [3.63, 3.8) is 0 Å². The van der Waals surface area contributed by atoms with Gasteiger partial charge in [-0.3, -0.25) is 9.79 Å². The Balaban J connectivity index is 0.000000507. The van der Waals surface area contributed by atoms with E-state index in [-0.39, 0.29) is 23.9 Å². The number of nitrogens with one attached hydrogen (secondary N) is 1. The van der Waals surface area contributed by atoms with E-state index in [0.29, 0.717) is 23.2 Å². The fourth-order valence-corrected chi connectivity index (χ4v) is 3.88. The molecule has 1 N–H and O–H groups in total. The van der Waals surface area contributed by atoms with Crippen LogP contribution in [-0.2, 0) is 22.0 Å². The number of rotatable bonds is 10. The molecule has 35 heavy (non-hydrogen) atoms. The summed E-state index contributed by atoms with van der Waals surface area (Å²) in [4.78, 5) is 19.6. The first-order chi connectivity index (χ1) is 16.6. The van der Waals surface area contributed by atoms with Gasteiger partial charge < -0.3 is 10.1 Å². The summed E-state index contributed by atoms with van der Waals surface area (Å²) in [6, 6.07) is 6.66. The first kappa shape index (κ1) is 30.9. The fourth-order valence-electron chi connectivity index (χ4n) is 3.71. The van der Waals surface area contributed by atoms with Gasteiger partial charge in [-0.2, -0.15) is 0 Å². The summed E-state index contributed by atoms with van der Waals surface area (Å²) < 4.78 is 32.9. The zero-order valence-electron chi connectivity index (χ0n) is 21.7. The quantitative estimate of drug-likeness (QED) is 0.158. The average Bonchev–Trinajstić information content (AvgIpc) is 2.86. The van der Waals surface area contributed by atoms with E-state index in [1.165, 1.54) is 19.1 Å². The number of hydrogen-bond acceptors (Lipinski definition) is 4. The van der Waals surface area contributed by atoms with Crippen LogP contribution in [0.25, 0.3) is 0 Å². The lowest BCUT2D eigenvalue weighted by molar-refractivity contribution is -0.130. The van der Waals surface area contributed by atoms with E-state index < -0.39 is 5.92 Å². The van der Waals surface area contributed by atoms with Crippen molar-refractivity contribution in [1.82, 2.24) is 5.32 Å². The molecule has 0 saturated carbocycles. The Hall–Kier alpha value is -2.12. The SMILES string of the molecule is C=NC(=NCc1cccc(C(F)(F)CC)c1)/C(CC)=C(/CC)NCCl.CC(=O)C1(C)CCOCC1. The van der Waals surface area contributed by atoms with Crippen molar-refractivity contribution in [3.05, 3.63) is 46.7 Å². The Bertz CT molecular complexity index is 894. The summed E-state index contributed by atoms with van der Waals surface area (Å²) in [7, 11) is 0. The summed E-state index contributed by atoms with van der Waals surface area (Å²) in [5.74, 6) is -2.01. The molecule has 0 aromatic heterocycles. The van der Waals surface area contributed by atoms with Crippen LogP contribution < -0.4 is 5.32 Å². The number of amidine groups is 1. The topological polar surface area (TPSA) is 63.0 Å². The zero-order valence-corrected chi connectivity index (χ0v) is 22.5. The van der Waals surface area contributed by atoms with Gasteiger partial charge in [0.2, 0.25) is 0 Å². The number of benzene rings is 1. The highest BCUT2D eigenvalue weighted by Gasteiger charge is 2.31. The molecule has 1 aromatic carbocycles. The second kappa shape index (κ2) is 15.1. The molecule has 0 atom stereocenters. The van der Waals surface area contributed by atoms with Gasteiger partial charge in [-0.25, -0.2) is 13.8 Å². The number of allylic oxidation sites excluding steroid dienone is 1. The smallest absolute Gasteiger partial charge is 0.273 e. The third-order valence-electron chi connectivity index (χ3n) is 6.42. The number of carbonyl (C=O) groups excluding carboxylic acids is 1. The molecule has 1 saturated heterocycles. The standard InChI is InChI=1S/C19H26ClF2N3.C8H14O2/c1-5-16(17(6-2)25-13-20)18(23-4)24-12-14-9-8-10-15(11-14)19(21,22)7-3;1-7(9)8(2)3-5-10-6-4-8/h8-11,25H,4-7,12-13H2,1-3H3;3-6H2,1-2H3/b17-16-,24-18?;. The van der Waals surface area contributed by atoms with Crippen molar-refractivity contribution in [3.8, 4) is 0 Å². The van der Waals surface area contributed by atoms with Crippen LogP contribution >= 0.6 is 11.6 Å². The van der Waals surface area contributed by atoms with Crippen molar-refractivity contribution < 1.29 is 18.3 Å². The fraction of sp³-hybridized carbons (Fsp3) is 0.593. The number of ketones is 1. The number of halogens is 3. The highest BCUT2D eigenvalue weighted by Crippen LogP contribution is 2.32. The number of hydrogen-bond donors (Lipinski definition) is 1. The first-order valence-corrected chi connectivity index (χ1v) is 12.7. The van der Waals surface area contributed by atoms with Crippen molar-refractivity contribution >= 4 is 29.9 Å². The largest absolute Gasteiger partial charge is 0.381 e. The van der Waals surface area contributed by atoms with Crippen molar-refractivity contribution in [2.45, 2.75) is 79.2 Å². The number of alkyl halides is 3. The molecule has 5 nitrogen and oxygen atoms in total. The molecule has 8 heteroatoms. The summed E-state index contributed by atoms with van der Waals surface area (Å²) in [5, 5.41) is 3.11. The molecule has 0 amide bonds. The van der Waals surface area contributed by atoms with Crippen molar-refractivity contribution in [1.29, 1.82) is 0 Å². The van der Waals surface area contributed by atoms with Crippen LogP contribution in [-0.4, -0.2) is 37.6 Å². The lowest BCUT2D eigenvalue weighted by atomic mass is 9.79. The normalized spacial score (nSPS) is 16.5. The highest BCUT2D eigenvalue weighted by atomic mass is 35.5. The van der Waals surface area contributed by atoms with Gasteiger partial charge in [0.25, 0.3) is 5.92 Å². The van der Waals surface area contributed by atoms with Crippen LogP contribution in [0.2, 0.25) is 0 Å². The monoisotopic (exact) mass is 511 g/mol. The average molecular weight is 512 g/mol. The third-order valence-corrected chi connectivity index (χ3v) is 6.56. The summed E-state index contributed by atoms with van der Waals surface area (Å²) >= 11 is 5.77. The molecule has 1 heterocycles. The van der Waals surface area contributed by atoms with E-state index in [1.807, 2.05) is 20.8 Å². The summed E-state index contributed by atoms with van der Waals surface area (Å²) in [5.41, 5.74) is 2.55. The van der Waals surface area contributed by atoms with Crippen LogP contribution in [0.4, 0.5) is 8.78 Å². The Kier molecular flexibility index (Phi) is 13.3. The number of ether oxygens (including phenoxy) is 1. The lowest BCUT2D eigenvalue weighted by Crippen LogP contribution is -2.32. The maximum atomic E-state index is 13.9. The van der Waals surface area contributed by atoms with Crippen LogP contribution in [0.1, 0.15) is 77.8 Å². The lowest BCUT2D eigenvalue weighted by Gasteiger charge is -2.30. The maximum Gasteiger partial charge on any atom is 0.273 e. The van der Waals surface area contributed by atoms with Crippen LogP contribution in [0.15, 0.2) is 45.5 Å². The first-order valence-electron chi connectivity index (χ1n) is 12.2.